The molecule has 9 heteroatoms. The van der Waals surface area contributed by atoms with E-state index in [0.717, 1.165) is 18.2 Å². The number of ether oxygens (including phenoxy) is 1. The number of amides is 1. The number of carbonyl (C=O) groups excluding carboxylic acids is 2. The van der Waals surface area contributed by atoms with Crippen molar-refractivity contribution in [1.29, 1.82) is 0 Å². The smallest absolute Gasteiger partial charge is 0.416 e. The summed E-state index contributed by atoms with van der Waals surface area (Å²) in [6, 6.07) is 2.74. The van der Waals surface area contributed by atoms with E-state index in [1.54, 1.807) is 0 Å². The van der Waals surface area contributed by atoms with E-state index in [2.05, 4.69) is 21.2 Å². The van der Waals surface area contributed by atoms with E-state index in [0.29, 0.717) is 6.42 Å². The van der Waals surface area contributed by atoms with Crippen molar-refractivity contribution in [3.05, 3.63) is 28.8 Å². The molecular weight excluding hydrogens is 427 g/mol. The largest absolute Gasteiger partial charge is 0.461 e. The number of halogens is 5. The minimum Gasteiger partial charge on any atom is -0.461 e. The number of benzene rings is 1. The van der Waals surface area contributed by atoms with Crippen LogP contribution in [0.15, 0.2) is 18.2 Å². The van der Waals surface area contributed by atoms with Crippen LogP contribution < -0.4 is 5.32 Å². The van der Waals surface area contributed by atoms with Crippen molar-refractivity contribution in [2.24, 2.45) is 23.7 Å². The number of anilines is 1. The molecular formula is C16H12BrClF3NO3. The predicted molar refractivity (Wildman–Crippen MR) is 86.3 cm³/mol. The summed E-state index contributed by atoms with van der Waals surface area (Å²) in [4.78, 5) is 24.7. The fourth-order valence-corrected chi connectivity index (χ4v) is 5.55. The monoisotopic (exact) mass is 437 g/mol. The number of esters is 1. The van der Waals surface area contributed by atoms with E-state index in [9.17, 15) is 22.8 Å². The van der Waals surface area contributed by atoms with Crippen LogP contribution in [-0.2, 0) is 20.5 Å². The van der Waals surface area contributed by atoms with Crippen LogP contribution in [0.3, 0.4) is 0 Å². The summed E-state index contributed by atoms with van der Waals surface area (Å²) in [5.41, 5.74) is -1.02. The van der Waals surface area contributed by atoms with E-state index >= 15 is 0 Å². The SMILES string of the molecule is O=C(Nc1cc(C(F)(F)F)ccc1Cl)[C@@H]1[C@H]2C[C@H]3[C@H](OC(=O)[C@H]31)[C@@H]2Br. The van der Waals surface area contributed by atoms with Crippen LogP contribution in [0.1, 0.15) is 12.0 Å². The number of nitrogens with one attached hydrogen (secondary N) is 1. The van der Waals surface area contributed by atoms with E-state index < -0.39 is 35.5 Å². The van der Waals surface area contributed by atoms with Crippen LogP contribution in [0.4, 0.5) is 18.9 Å². The molecule has 25 heavy (non-hydrogen) atoms. The van der Waals surface area contributed by atoms with Gasteiger partial charge in [-0.2, -0.15) is 13.2 Å². The second-order valence-electron chi connectivity index (χ2n) is 6.64. The average molecular weight is 439 g/mol. The van der Waals surface area contributed by atoms with Gasteiger partial charge in [-0.3, -0.25) is 9.59 Å². The molecule has 2 aliphatic carbocycles. The van der Waals surface area contributed by atoms with Gasteiger partial charge in [0.2, 0.25) is 5.91 Å². The zero-order valence-electron chi connectivity index (χ0n) is 12.5. The Hall–Kier alpha value is -1.28. The van der Waals surface area contributed by atoms with Crippen LogP contribution in [0.25, 0.3) is 0 Å². The molecule has 3 aliphatic rings. The number of hydrogen-bond acceptors (Lipinski definition) is 3. The van der Waals surface area contributed by atoms with Gasteiger partial charge in [0, 0.05) is 5.92 Å². The molecule has 6 atom stereocenters. The Morgan fingerprint density at radius 3 is 2.72 bits per heavy atom. The van der Waals surface area contributed by atoms with Gasteiger partial charge in [0.05, 0.1) is 32.9 Å². The van der Waals surface area contributed by atoms with Crippen molar-refractivity contribution in [3.63, 3.8) is 0 Å². The Morgan fingerprint density at radius 1 is 1.32 bits per heavy atom. The van der Waals surface area contributed by atoms with Crippen LogP contribution >= 0.6 is 27.5 Å². The van der Waals surface area contributed by atoms with E-state index in [-0.39, 0.29) is 33.5 Å². The molecule has 0 unspecified atom stereocenters. The van der Waals surface area contributed by atoms with Gasteiger partial charge in [-0.15, -0.1) is 0 Å². The number of alkyl halides is 4. The molecule has 4 rings (SSSR count). The molecule has 0 spiro atoms. The second-order valence-corrected chi connectivity index (χ2v) is 8.11. The summed E-state index contributed by atoms with van der Waals surface area (Å²) in [5, 5.41) is 2.48. The van der Waals surface area contributed by atoms with Gasteiger partial charge >= 0.3 is 12.1 Å². The molecule has 1 saturated heterocycles. The molecule has 1 aromatic rings. The number of hydrogen-bond donors (Lipinski definition) is 1. The second kappa shape index (κ2) is 5.61. The Kier molecular flexibility index (Phi) is 3.85. The molecule has 1 amide bonds. The maximum absolute atomic E-state index is 12.9. The van der Waals surface area contributed by atoms with E-state index in [1.807, 2.05) is 0 Å². The fourth-order valence-electron chi connectivity index (χ4n) is 4.34. The van der Waals surface area contributed by atoms with Gasteiger partial charge in [0.1, 0.15) is 6.10 Å². The first-order valence-corrected chi connectivity index (χ1v) is 9.00. The van der Waals surface area contributed by atoms with Crippen molar-refractivity contribution in [2.45, 2.75) is 23.5 Å². The van der Waals surface area contributed by atoms with Crippen molar-refractivity contribution < 1.29 is 27.5 Å². The first kappa shape index (κ1) is 17.1. The number of rotatable bonds is 2. The topological polar surface area (TPSA) is 55.4 Å². The summed E-state index contributed by atoms with van der Waals surface area (Å²) in [6.45, 7) is 0. The molecule has 3 fully saturated rings. The lowest BCUT2D eigenvalue weighted by Gasteiger charge is -2.27. The lowest BCUT2D eigenvalue weighted by atomic mass is 9.79. The average Bonchev–Trinajstić information content (AvgIpc) is 3.12. The van der Waals surface area contributed by atoms with E-state index in [1.165, 1.54) is 0 Å². The van der Waals surface area contributed by atoms with Crippen LogP contribution in [0.5, 0.6) is 0 Å². The maximum Gasteiger partial charge on any atom is 0.416 e. The number of fused-ring (bicyclic) bond motifs is 1. The van der Waals surface area contributed by atoms with Crippen molar-refractivity contribution >= 4 is 45.1 Å². The van der Waals surface area contributed by atoms with Crippen LogP contribution in [0, 0.1) is 23.7 Å². The molecule has 134 valence electrons. The maximum atomic E-state index is 12.9. The fraction of sp³-hybridized carbons (Fsp3) is 0.500. The highest BCUT2D eigenvalue weighted by molar-refractivity contribution is 9.09. The third-order valence-corrected chi connectivity index (χ3v) is 6.91. The molecule has 1 heterocycles. The Morgan fingerprint density at radius 2 is 2.04 bits per heavy atom. The number of carbonyl (C=O) groups is 2. The molecule has 1 aromatic carbocycles. The van der Waals surface area contributed by atoms with Gasteiger partial charge in [-0.25, -0.2) is 0 Å². The lowest BCUT2D eigenvalue weighted by molar-refractivity contribution is -0.145. The summed E-state index contributed by atoms with van der Waals surface area (Å²) < 4.78 is 43.9. The first-order valence-electron chi connectivity index (χ1n) is 7.70. The molecule has 2 saturated carbocycles. The van der Waals surface area contributed by atoms with Crippen molar-refractivity contribution in [2.75, 3.05) is 5.32 Å². The third kappa shape index (κ3) is 2.56. The standard InChI is InChI=1S/C16H12BrClF3NO3/c17-12-6-4-7-11(15(24)25-13(7)12)10(6)14(23)22-9-3-5(16(19,20)21)1-2-8(9)18/h1-3,6-7,10-13H,4H2,(H,22,23)/t6-,7-,10-,11-,12-,13+/m1/s1. The van der Waals surface area contributed by atoms with E-state index in [4.69, 9.17) is 16.3 Å². The normalized spacial score (nSPS) is 35.8. The van der Waals surface area contributed by atoms with Gasteiger partial charge in [0.25, 0.3) is 0 Å². The summed E-state index contributed by atoms with van der Waals surface area (Å²) in [5.74, 6) is -2.18. The summed E-state index contributed by atoms with van der Waals surface area (Å²) >= 11 is 9.42. The lowest BCUT2D eigenvalue weighted by Crippen LogP contribution is -2.40. The van der Waals surface area contributed by atoms with Crippen molar-refractivity contribution in [3.8, 4) is 0 Å². The highest BCUT2D eigenvalue weighted by atomic mass is 79.9. The summed E-state index contributed by atoms with van der Waals surface area (Å²) in [7, 11) is 0. The highest BCUT2D eigenvalue weighted by Gasteiger charge is 2.67. The van der Waals surface area contributed by atoms with Gasteiger partial charge in [-0.05, 0) is 30.5 Å². The molecule has 4 nitrogen and oxygen atoms in total. The highest BCUT2D eigenvalue weighted by Crippen LogP contribution is 2.60. The van der Waals surface area contributed by atoms with Gasteiger partial charge < -0.3 is 10.1 Å². The molecule has 1 N–H and O–H groups in total. The minimum atomic E-state index is -4.54. The van der Waals surface area contributed by atoms with Gasteiger partial charge in [0.15, 0.2) is 0 Å². The Balaban J connectivity index is 1.60. The minimum absolute atomic E-state index is 0.00627. The third-order valence-electron chi connectivity index (χ3n) is 5.38. The van der Waals surface area contributed by atoms with Crippen LogP contribution in [0.2, 0.25) is 5.02 Å². The molecule has 0 radical (unpaired) electrons. The summed E-state index contributed by atoms with van der Waals surface area (Å²) in [6.07, 6.45) is -4.07. The first-order chi connectivity index (χ1) is 11.7. The predicted octanol–water partition coefficient (Wildman–Crippen LogP) is 3.87. The van der Waals surface area contributed by atoms with Gasteiger partial charge in [-0.1, -0.05) is 27.5 Å². The zero-order valence-corrected chi connectivity index (χ0v) is 14.9. The Labute approximate surface area is 154 Å². The quantitative estimate of drug-likeness (QED) is 0.563. The molecule has 2 bridgehead atoms. The Bertz CT molecular complexity index is 771. The molecule has 1 aliphatic heterocycles. The van der Waals surface area contributed by atoms with Crippen molar-refractivity contribution in [1.82, 2.24) is 0 Å². The molecule has 0 aromatic heterocycles. The van der Waals surface area contributed by atoms with Crippen LogP contribution in [-0.4, -0.2) is 22.8 Å². The zero-order chi connectivity index (χ0) is 18.1.